The molecule has 0 saturated carbocycles. The quantitative estimate of drug-likeness (QED) is 0.694. The molecule has 3 rings (SSSR count). The Balaban J connectivity index is 2.15. The van der Waals surface area contributed by atoms with Crippen LogP contribution in [-0.4, -0.2) is 19.3 Å². The van der Waals surface area contributed by atoms with Crippen LogP contribution in [0.3, 0.4) is 0 Å². The molecule has 2 heterocycles. The summed E-state index contributed by atoms with van der Waals surface area (Å²) in [5.74, 6) is 1.31. The molecule has 0 spiro atoms. The molecular weight excluding hydrogens is 284 g/mol. The predicted octanol–water partition coefficient (Wildman–Crippen LogP) is 3.48. The van der Waals surface area contributed by atoms with Crippen LogP contribution in [0.15, 0.2) is 18.2 Å². The smallest absolute Gasteiger partial charge is 0.125 e. The number of rotatable bonds is 3. The average molecular weight is 303 g/mol. The van der Waals surface area contributed by atoms with Crippen molar-refractivity contribution in [3.05, 3.63) is 46.5 Å². The Morgan fingerprint density at radius 3 is 2.57 bits per heavy atom. The van der Waals surface area contributed by atoms with Crippen LogP contribution in [0.5, 0.6) is 0 Å². The molecule has 0 aliphatic heterocycles. The summed E-state index contributed by atoms with van der Waals surface area (Å²) in [7, 11) is 1.98. The van der Waals surface area contributed by atoms with Crippen molar-refractivity contribution in [3.63, 3.8) is 0 Å². The van der Waals surface area contributed by atoms with E-state index in [1.165, 1.54) is 16.8 Å². The number of hydrogen-bond acceptors (Lipinski definition) is 2. The monoisotopic (exact) mass is 302 g/mol. The van der Waals surface area contributed by atoms with E-state index in [2.05, 4.69) is 46.7 Å². The highest BCUT2D eigenvalue weighted by atomic mass is 35.5. The minimum absolute atomic E-state index is 0.409. The van der Waals surface area contributed by atoms with Gasteiger partial charge in [-0.25, -0.2) is 4.98 Å². The van der Waals surface area contributed by atoms with Crippen LogP contribution in [0.2, 0.25) is 0 Å². The third-order valence-corrected chi connectivity index (χ3v) is 4.32. The molecule has 21 heavy (non-hydrogen) atoms. The van der Waals surface area contributed by atoms with Gasteiger partial charge < -0.3 is 4.57 Å². The molecule has 2 aromatic heterocycles. The lowest BCUT2D eigenvalue weighted by Gasteiger charge is -2.08. The van der Waals surface area contributed by atoms with Crippen LogP contribution < -0.4 is 0 Å². The third-order valence-electron chi connectivity index (χ3n) is 4.08. The van der Waals surface area contributed by atoms with Gasteiger partial charge in [-0.3, -0.25) is 4.68 Å². The highest BCUT2D eigenvalue weighted by Gasteiger charge is 2.15. The van der Waals surface area contributed by atoms with Crippen LogP contribution in [0.4, 0.5) is 0 Å². The zero-order valence-corrected chi connectivity index (χ0v) is 13.6. The fraction of sp³-hybridized carbons (Fsp3) is 0.375. The van der Waals surface area contributed by atoms with Crippen LogP contribution >= 0.6 is 11.6 Å². The second-order valence-electron chi connectivity index (χ2n) is 5.51. The van der Waals surface area contributed by atoms with Crippen molar-refractivity contribution in [2.24, 2.45) is 7.05 Å². The maximum atomic E-state index is 6.09. The van der Waals surface area contributed by atoms with Crippen LogP contribution in [0.1, 0.15) is 28.3 Å². The molecule has 1 aromatic carbocycles. The van der Waals surface area contributed by atoms with Gasteiger partial charge in [-0.15, -0.1) is 11.6 Å². The van der Waals surface area contributed by atoms with E-state index in [0.717, 1.165) is 29.1 Å². The van der Waals surface area contributed by atoms with Gasteiger partial charge in [0.15, 0.2) is 0 Å². The minimum Gasteiger partial charge on any atom is -0.322 e. The lowest BCUT2D eigenvalue weighted by molar-refractivity contribution is 0.725. The molecule has 4 nitrogen and oxygen atoms in total. The highest BCUT2D eigenvalue weighted by Crippen LogP contribution is 2.22. The Labute approximate surface area is 129 Å². The van der Waals surface area contributed by atoms with Gasteiger partial charge in [-0.05, 0) is 38.5 Å². The fourth-order valence-electron chi connectivity index (χ4n) is 2.77. The molecule has 0 fully saturated rings. The average Bonchev–Trinajstić information content (AvgIpc) is 2.91. The number of fused-ring (bicyclic) bond motifs is 1. The van der Waals surface area contributed by atoms with E-state index in [-0.39, 0.29) is 0 Å². The van der Waals surface area contributed by atoms with Crippen molar-refractivity contribution >= 4 is 22.6 Å². The Morgan fingerprint density at radius 2 is 1.95 bits per heavy atom. The first-order valence-corrected chi connectivity index (χ1v) is 7.55. The fourth-order valence-corrected chi connectivity index (χ4v) is 2.98. The molecule has 0 radical (unpaired) electrons. The van der Waals surface area contributed by atoms with Crippen molar-refractivity contribution in [2.45, 2.75) is 33.2 Å². The van der Waals surface area contributed by atoms with E-state index >= 15 is 0 Å². The molecule has 0 atom stereocenters. The van der Waals surface area contributed by atoms with Gasteiger partial charge in [0.05, 0.1) is 29.2 Å². The van der Waals surface area contributed by atoms with Crippen molar-refractivity contribution in [1.29, 1.82) is 0 Å². The van der Waals surface area contributed by atoms with E-state index in [4.69, 9.17) is 11.6 Å². The van der Waals surface area contributed by atoms with Gasteiger partial charge in [-0.2, -0.15) is 5.10 Å². The maximum absolute atomic E-state index is 6.09. The van der Waals surface area contributed by atoms with Gasteiger partial charge >= 0.3 is 0 Å². The minimum atomic E-state index is 0.409. The summed E-state index contributed by atoms with van der Waals surface area (Å²) >= 11 is 6.09. The predicted molar refractivity (Wildman–Crippen MR) is 85.8 cm³/mol. The standard InChI is InChI=1S/C16H19ClN4/c1-10-5-6-15-14(7-10)18-16(8-17)21(15)9-13-11(2)19-20(4)12(13)3/h5-7H,8-9H2,1-4H3. The Kier molecular flexibility index (Phi) is 3.49. The lowest BCUT2D eigenvalue weighted by Crippen LogP contribution is -2.06. The molecular formula is C16H19ClN4. The molecule has 5 heteroatoms. The number of alkyl halides is 1. The summed E-state index contributed by atoms with van der Waals surface area (Å²) in [5.41, 5.74) is 6.82. The van der Waals surface area contributed by atoms with E-state index < -0.39 is 0 Å². The normalized spacial score (nSPS) is 11.5. The van der Waals surface area contributed by atoms with Gasteiger partial charge in [-0.1, -0.05) is 6.07 Å². The SMILES string of the molecule is Cc1ccc2c(c1)nc(CCl)n2Cc1c(C)nn(C)c1C. The summed E-state index contributed by atoms with van der Waals surface area (Å²) in [4.78, 5) is 4.66. The van der Waals surface area contributed by atoms with E-state index in [1.807, 2.05) is 18.7 Å². The first-order chi connectivity index (χ1) is 10.0. The second kappa shape index (κ2) is 5.19. The van der Waals surface area contributed by atoms with Crippen LogP contribution in [0.25, 0.3) is 11.0 Å². The number of halogens is 1. The van der Waals surface area contributed by atoms with Gasteiger partial charge in [0.2, 0.25) is 0 Å². The number of benzene rings is 1. The molecule has 0 N–H and O–H groups in total. The van der Waals surface area contributed by atoms with Crippen molar-refractivity contribution in [2.75, 3.05) is 0 Å². The molecule has 0 aliphatic rings. The maximum Gasteiger partial charge on any atom is 0.125 e. The van der Waals surface area contributed by atoms with Crippen LogP contribution in [0, 0.1) is 20.8 Å². The topological polar surface area (TPSA) is 35.6 Å². The zero-order valence-electron chi connectivity index (χ0n) is 12.8. The Bertz CT molecular complexity index is 813. The molecule has 3 aromatic rings. The Hall–Kier alpha value is -1.81. The molecule has 0 saturated heterocycles. The molecule has 0 aliphatic carbocycles. The van der Waals surface area contributed by atoms with Crippen molar-refractivity contribution < 1.29 is 0 Å². The van der Waals surface area contributed by atoms with E-state index in [9.17, 15) is 0 Å². The molecule has 0 bridgehead atoms. The lowest BCUT2D eigenvalue weighted by atomic mass is 10.2. The summed E-state index contributed by atoms with van der Waals surface area (Å²) in [5, 5.41) is 4.49. The largest absolute Gasteiger partial charge is 0.322 e. The van der Waals surface area contributed by atoms with Gasteiger partial charge in [0, 0.05) is 18.3 Å². The first-order valence-electron chi connectivity index (χ1n) is 7.02. The third kappa shape index (κ3) is 2.33. The Morgan fingerprint density at radius 1 is 1.19 bits per heavy atom. The number of nitrogens with zero attached hydrogens (tertiary/aromatic N) is 4. The molecule has 110 valence electrons. The van der Waals surface area contributed by atoms with Gasteiger partial charge in [0.1, 0.15) is 5.82 Å². The van der Waals surface area contributed by atoms with E-state index in [1.54, 1.807) is 0 Å². The van der Waals surface area contributed by atoms with E-state index in [0.29, 0.717) is 5.88 Å². The summed E-state index contributed by atoms with van der Waals surface area (Å²) in [6.07, 6.45) is 0. The number of imidazole rings is 1. The molecule has 0 amide bonds. The number of hydrogen-bond donors (Lipinski definition) is 0. The summed E-state index contributed by atoms with van der Waals surface area (Å²) in [6, 6.07) is 6.33. The van der Waals surface area contributed by atoms with Gasteiger partial charge in [0.25, 0.3) is 0 Å². The zero-order chi connectivity index (χ0) is 15.1. The summed E-state index contributed by atoms with van der Waals surface area (Å²) < 4.78 is 4.12. The molecule has 0 unspecified atom stereocenters. The highest BCUT2D eigenvalue weighted by molar-refractivity contribution is 6.16. The number of aryl methyl sites for hydroxylation is 3. The first kappa shape index (κ1) is 14.1. The van der Waals surface area contributed by atoms with Crippen molar-refractivity contribution in [1.82, 2.24) is 19.3 Å². The number of aromatic nitrogens is 4. The van der Waals surface area contributed by atoms with Crippen molar-refractivity contribution in [3.8, 4) is 0 Å². The summed E-state index contributed by atoms with van der Waals surface area (Å²) in [6.45, 7) is 6.98. The second-order valence-corrected chi connectivity index (χ2v) is 5.78. The van der Waals surface area contributed by atoms with Crippen LogP contribution in [-0.2, 0) is 19.5 Å².